The number of aliphatic hydroxyl groups excluding tert-OH is 12. The Morgan fingerprint density at radius 2 is 1.19 bits per heavy atom. The Kier molecular flexibility index (Phi) is 20.3. The van der Waals surface area contributed by atoms with E-state index in [9.17, 15) is 84.1 Å². The predicted octanol–water partition coefficient (Wildman–Crippen LogP) is -3.07. The van der Waals surface area contributed by atoms with Crippen LogP contribution in [0.2, 0.25) is 0 Å². The Labute approximate surface area is 487 Å². The number of rotatable bonds is 17. The van der Waals surface area contributed by atoms with E-state index < -0.39 is 206 Å². The van der Waals surface area contributed by atoms with Crippen molar-refractivity contribution in [1.82, 2.24) is 0 Å². The number of hydrogen-bond acceptors (Lipinski definition) is 27. The van der Waals surface area contributed by atoms with Gasteiger partial charge in [-0.25, -0.2) is 4.18 Å². The Balaban J connectivity index is 0.985. The predicted molar refractivity (Wildman–Crippen MR) is 281 cm³/mol. The van der Waals surface area contributed by atoms with Crippen LogP contribution in [0, 0.1) is 40.4 Å². The standard InChI is InChI=1S/C55H90O28S/c1-20(2)29(57)17-55(8,69)33-10-9-26-25-16-30(28-15-24(83-84(70,71)72)11-13-53(28,6)27(25)12-14-54(26,33)7)77-50-44(68)45(36(60)23(5)76-50)80-51-46(81-48-42(66)39(63)34(58)21(3)74-48)38(62)32(19-73-51)79-52-47(41(65)37(61)31(18-56)78-52)82-49-43(67)40(64)35(59)22(4)75-49/h12,20-26,28,30-52,56,58-69H,9-11,13-19H2,1-8H3,(H,70,71,72)/t21-,22-,23-,24+,25+,26+,28-,30+,31-,32-,33+,34-,35+,36-,37+,38+,39+,40+,41+,42-,43-,44-,45+,46-,47-,48+,49+,50+,51+,52+,53-,54+,55?/m1/s1. The van der Waals surface area contributed by atoms with Gasteiger partial charge >= 0.3 is 10.4 Å². The van der Waals surface area contributed by atoms with Crippen molar-refractivity contribution in [3.05, 3.63) is 11.6 Å². The summed E-state index contributed by atoms with van der Waals surface area (Å²) in [5, 5.41) is 145. The van der Waals surface area contributed by atoms with Gasteiger partial charge in [0.05, 0.1) is 49.3 Å². The molecule has 0 aromatic rings. The van der Waals surface area contributed by atoms with E-state index in [1.54, 1.807) is 20.8 Å². The summed E-state index contributed by atoms with van der Waals surface area (Å²) in [6.07, 6.45) is -37.5. The summed E-state index contributed by atoms with van der Waals surface area (Å²) in [5.41, 5.74) is -1.27. The van der Waals surface area contributed by atoms with Crippen LogP contribution in [0.3, 0.4) is 0 Å². The molecule has 33 atom stereocenters. The van der Waals surface area contributed by atoms with Crippen LogP contribution < -0.4 is 0 Å². The van der Waals surface area contributed by atoms with Crippen molar-refractivity contribution in [1.29, 1.82) is 0 Å². The molecule has 28 nitrogen and oxygen atoms in total. The van der Waals surface area contributed by atoms with Crippen LogP contribution in [0.25, 0.3) is 0 Å². The number of ether oxygens (including phenoxy) is 10. The van der Waals surface area contributed by atoms with Gasteiger partial charge in [-0.05, 0) is 107 Å². The highest BCUT2D eigenvalue weighted by Crippen LogP contribution is 2.67. The van der Waals surface area contributed by atoms with Gasteiger partial charge in [-0.15, -0.1) is 0 Å². The third-order valence-corrected chi connectivity index (χ3v) is 20.8. The van der Waals surface area contributed by atoms with Crippen molar-refractivity contribution >= 4 is 16.2 Å². The van der Waals surface area contributed by atoms with Crippen molar-refractivity contribution in [3.8, 4) is 0 Å². The summed E-state index contributed by atoms with van der Waals surface area (Å²) in [6.45, 7) is 12.2. The van der Waals surface area contributed by atoms with Crippen LogP contribution in [-0.2, 0) is 66.7 Å². The third-order valence-electron chi connectivity index (χ3n) is 20.3. The zero-order valence-corrected chi connectivity index (χ0v) is 49.2. The molecule has 9 rings (SSSR count). The van der Waals surface area contributed by atoms with Gasteiger partial charge in [-0.1, -0.05) is 39.3 Å². The first-order valence-electron chi connectivity index (χ1n) is 29.4. The highest BCUT2D eigenvalue weighted by Gasteiger charge is 2.64. The third kappa shape index (κ3) is 12.9. The fourth-order valence-electron chi connectivity index (χ4n) is 15.4. The maximum atomic E-state index is 13.1. The molecule has 5 saturated heterocycles. The van der Waals surface area contributed by atoms with E-state index in [2.05, 4.69) is 19.9 Å². The van der Waals surface area contributed by atoms with E-state index >= 15 is 0 Å². The molecule has 0 aromatic heterocycles. The average Bonchev–Trinajstić information content (AvgIpc) is 1.69. The number of allylic oxidation sites excluding steroid dienone is 2. The molecule has 29 heteroatoms. The van der Waals surface area contributed by atoms with E-state index in [0.29, 0.717) is 32.1 Å². The lowest BCUT2D eigenvalue weighted by molar-refractivity contribution is -0.398. The molecule has 9 aliphatic rings. The molecule has 1 unspecified atom stereocenters. The Morgan fingerprint density at radius 3 is 1.76 bits per heavy atom. The lowest BCUT2D eigenvalue weighted by Gasteiger charge is -2.60. The second-order valence-electron chi connectivity index (χ2n) is 26.2. The number of carbonyl (C=O) groups is 1. The molecule has 0 radical (unpaired) electrons. The summed E-state index contributed by atoms with van der Waals surface area (Å²) in [6, 6.07) is 0. The molecule has 484 valence electrons. The van der Waals surface area contributed by atoms with Crippen LogP contribution in [0.4, 0.5) is 0 Å². The molecule has 14 N–H and O–H groups in total. The molecular weight excluding hydrogens is 1140 g/mol. The second-order valence-corrected chi connectivity index (χ2v) is 27.2. The summed E-state index contributed by atoms with van der Waals surface area (Å²) in [7, 11) is -4.88. The summed E-state index contributed by atoms with van der Waals surface area (Å²) >= 11 is 0. The van der Waals surface area contributed by atoms with Crippen LogP contribution >= 0.6 is 0 Å². The number of hydrogen-bond donors (Lipinski definition) is 14. The first-order valence-corrected chi connectivity index (χ1v) is 30.8. The monoisotopic (exact) mass is 1230 g/mol. The van der Waals surface area contributed by atoms with Gasteiger partial charge in [0.25, 0.3) is 0 Å². The van der Waals surface area contributed by atoms with Gasteiger partial charge in [0.1, 0.15) is 103 Å². The Morgan fingerprint density at radius 1 is 0.643 bits per heavy atom. The normalized spacial score (nSPS) is 51.7. The SMILES string of the molecule is CC(C)C(=O)CC(C)(O)[C@H]1CC[C@H]2[C@@H]3C[C@H](O[C@@H]4O[C@H](C)[C@@H](O)[C@H](O[C@@H]5OC[C@@H](O[C@@H]6O[C@H](CO)[C@H](O)[C@H](O)[C@H]6O[C@@H]6O[C@H](C)[C@H](O)[C@H](O)[C@H]6O)[C@H](O)[C@H]5O[C@@H]5O[C@H](C)[C@@H](O)[C@H](O)[C@H]5O)[C@H]4O)[C@H]4C[C@@H](OS(=O)(=O)O)CC[C@]4(C)C3=CC[C@]12C. The lowest BCUT2D eigenvalue weighted by Crippen LogP contribution is -2.67. The maximum absolute atomic E-state index is 13.1. The molecule has 3 saturated carbocycles. The minimum atomic E-state index is -4.88. The van der Waals surface area contributed by atoms with Crippen LogP contribution in [0.15, 0.2) is 11.6 Å². The zero-order chi connectivity index (χ0) is 61.6. The lowest BCUT2D eigenvalue weighted by atomic mass is 9.47. The van der Waals surface area contributed by atoms with Gasteiger partial charge in [-0.2, -0.15) is 8.42 Å². The quantitative estimate of drug-likeness (QED) is 0.0508. The largest absolute Gasteiger partial charge is 0.397 e. The first-order chi connectivity index (χ1) is 39.2. The van der Waals surface area contributed by atoms with Gasteiger partial charge in [0.15, 0.2) is 31.5 Å². The molecule has 84 heavy (non-hydrogen) atoms. The molecule has 8 fully saturated rings. The molecular formula is C55H90O28S. The van der Waals surface area contributed by atoms with Crippen LogP contribution in [0.1, 0.15) is 107 Å². The Hall–Kier alpha value is -1.64. The molecule has 0 amide bonds. The van der Waals surface area contributed by atoms with E-state index in [1.165, 1.54) is 20.8 Å². The number of fused-ring (bicyclic) bond motifs is 5. The minimum absolute atomic E-state index is 0.00444. The second kappa shape index (κ2) is 25.6. The number of Topliss-reactive ketones (excluding diaryl/α,β-unsaturated/α-hetero) is 1. The summed E-state index contributed by atoms with van der Waals surface area (Å²) < 4.78 is 100. The minimum Gasteiger partial charge on any atom is -0.394 e. The van der Waals surface area contributed by atoms with Crippen LogP contribution in [-0.4, -0.2) is 264 Å². The van der Waals surface area contributed by atoms with E-state index in [4.69, 9.17) is 51.6 Å². The van der Waals surface area contributed by atoms with Crippen molar-refractivity contribution in [2.45, 2.75) is 272 Å². The fraction of sp³-hybridized carbons (Fsp3) is 0.945. The average molecular weight is 1230 g/mol. The fourth-order valence-corrected chi connectivity index (χ4v) is 15.9. The molecule has 4 aliphatic carbocycles. The van der Waals surface area contributed by atoms with Gasteiger partial charge < -0.3 is 114 Å². The Bertz CT molecular complexity index is 2400. The molecule has 0 spiro atoms. The van der Waals surface area contributed by atoms with Crippen LogP contribution in [0.5, 0.6) is 0 Å². The molecule has 0 bridgehead atoms. The van der Waals surface area contributed by atoms with E-state index in [0.717, 1.165) is 5.57 Å². The first kappa shape index (κ1) is 66.8. The van der Waals surface area contributed by atoms with Crippen molar-refractivity contribution in [2.24, 2.45) is 40.4 Å². The number of aliphatic hydroxyl groups is 13. The highest BCUT2D eigenvalue weighted by molar-refractivity contribution is 7.80. The highest BCUT2D eigenvalue weighted by atomic mass is 32.3. The number of carbonyl (C=O) groups excluding carboxylic acids is 1. The topological polar surface area (TPSA) is 436 Å². The molecule has 5 aliphatic heterocycles. The van der Waals surface area contributed by atoms with Gasteiger partial charge in [0, 0.05) is 12.3 Å². The zero-order valence-electron chi connectivity index (χ0n) is 48.4. The van der Waals surface area contributed by atoms with E-state index in [-0.39, 0.29) is 48.7 Å². The van der Waals surface area contributed by atoms with E-state index in [1.807, 2.05) is 0 Å². The smallest absolute Gasteiger partial charge is 0.394 e. The number of ketones is 1. The molecule has 0 aromatic carbocycles. The van der Waals surface area contributed by atoms with Gasteiger partial charge in [0.2, 0.25) is 0 Å². The van der Waals surface area contributed by atoms with Crippen molar-refractivity contribution < 1.29 is 136 Å². The summed E-state index contributed by atoms with van der Waals surface area (Å²) in [4.78, 5) is 13.1. The van der Waals surface area contributed by atoms with Gasteiger partial charge in [-0.3, -0.25) is 9.35 Å². The summed E-state index contributed by atoms with van der Waals surface area (Å²) in [5.74, 6) is -1.22. The molecule has 5 heterocycles. The maximum Gasteiger partial charge on any atom is 0.397 e. The van der Waals surface area contributed by atoms with Crippen molar-refractivity contribution in [3.63, 3.8) is 0 Å². The van der Waals surface area contributed by atoms with Crippen molar-refractivity contribution in [2.75, 3.05) is 13.2 Å².